The lowest BCUT2D eigenvalue weighted by Gasteiger charge is -2.28. The molecule has 0 fully saturated rings. The molecule has 0 N–H and O–H groups in total. The number of carbonyl (C=O) groups is 2. The Bertz CT molecular complexity index is 1150. The first-order valence-electron chi connectivity index (χ1n) is 23.8. The van der Waals surface area contributed by atoms with E-state index >= 15 is 0 Å². The zero-order valence-electron chi connectivity index (χ0n) is 38.7. The molecule has 0 heterocycles. The Hall–Kier alpha value is -2.03. The number of quaternary nitrogens is 1. The van der Waals surface area contributed by atoms with Crippen molar-refractivity contribution in [1.82, 2.24) is 0 Å². The number of unbranched alkanes of at least 4 members (excludes halogenated alkanes) is 21. The number of hydrogen-bond donors (Lipinski definition) is 0. The number of likely N-dealkylation sites (N-methyl/N-ethyl adjacent to an activating group) is 1. The van der Waals surface area contributed by atoms with Gasteiger partial charge in [0.05, 0.1) is 27.7 Å². The summed E-state index contributed by atoms with van der Waals surface area (Å²) in [5, 5.41) is 0. The molecule has 0 saturated carbocycles. The van der Waals surface area contributed by atoms with Crippen molar-refractivity contribution in [1.29, 1.82) is 0 Å². The number of nitrogens with zero attached hydrogens (tertiary/aromatic N) is 1. The van der Waals surface area contributed by atoms with E-state index in [-0.39, 0.29) is 26.1 Å². The zero-order valence-corrected chi connectivity index (χ0v) is 39.6. The topological polar surface area (TPSA) is 111 Å². The van der Waals surface area contributed by atoms with Gasteiger partial charge in [0.15, 0.2) is 6.10 Å². The van der Waals surface area contributed by atoms with Gasteiger partial charge in [0.1, 0.15) is 19.8 Å². The zero-order chi connectivity index (χ0) is 43.6. The lowest BCUT2D eigenvalue weighted by atomic mass is 10.0. The Kier molecular flexibility index (Phi) is 39.9. The molecule has 0 saturated heterocycles. The summed E-state index contributed by atoms with van der Waals surface area (Å²) in [6, 6.07) is 0. The van der Waals surface area contributed by atoms with E-state index in [4.69, 9.17) is 18.5 Å². The van der Waals surface area contributed by atoms with Crippen molar-refractivity contribution in [3.05, 3.63) is 48.6 Å². The minimum Gasteiger partial charge on any atom is -0.756 e. The van der Waals surface area contributed by atoms with Crippen molar-refractivity contribution >= 4 is 19.8 Å². The van der Waals surface area contributed by atoms with Gasteiger partial charge in [-0.2, -0.15) is 0 Å². The predicted octanol–water partition coefficient (Wildman–Crippen LogP) is 13.2. The van der Waals surface area contributed by atoms with Crippen LogP contribution in [0, 0.1) is 0 Å². The van der Waals surface area contributed by atoms with Crippen LogP contribution in [0.1, 0.15) is 200 Å². The molecule has 0 aliphatic heterocycles. The molecule has 2 unspecified atom stereocenters. The standard InChI is InChI=1S/C49H90NO8P/c1-6-8-10-12-14-16-18-20-21-22-23-24-25-26-27-28-30-31-33-35-37-39-41-48(51)55-45-47(46-57-59(53,54)56-44-43-50(3,4)5)58-49(52)42-40-38-36-34-32-29-19-17-15-13-11-9-7-2/h9,11,15,17,29,32,36,38,47H,6-8,10,12-14,16,18-28,30-31,33-35,37,39-46H2,1-5H3/b11-9-,17-15-,32-29-,38-36-. The molecule has 0 amide bonds. The molecule has 0 aromatic heterocycles. The van der Waals surface area contributed by atoms with Crippen molar-refractivity contribution < 1.29 is 42.1 Å². The summed E-state index contributed by atoms with van der Waals surface area (Å²) in [4.78, 5) is 37.5. The number of rotatable bonds is 43. The molecule has 0 spiro atoms. The van der Waals surface area contributed by atoms with Crippen molar-refractivity contribution in [2.24, 2.45) is 0 Å². The van der Waals surface area contributed by atoms with Crippen LogP contribution in [0.2, 0.25) is 0 Å². The van der Waals surface area contributed by atoms with Crippen molar-refractivity contribution in [3.8, 4) is 0 Å². The van der Waals surface area contributed by atoms with Crippen LogP contribution in [-0.2, 0) is 32.7 Å². The largest absolute Gasteiger partial charge is 0.756 e. The normalized spacial score (nSPS) is 13.9. The second-order valence-corrected chi connectivity index (χ2v) is 18.5. The molecule has 0 radical (unpaired) electrons. The fourth-order valence-electron chi connectivity index (χ4n) is 6.43. The molecule has 10 heteroatoms. The number of phosphoric ester groups is 1. The maximum Gasteiger partial charge on any atom is 0.306 e. The molecule has 59 heavy (non-hydrogen) atoms. The second kappa shape index (κ2) is 41.3. The molecule has 0 bridgehead atoms. The van der Waals surface area contributed by atoms with Gasteiger partial charge in [-0.25, -0.2) is 0 Å². The van der Waals surface area contributed by atoms with Crippen molar-refractivity contribution in [2.75, 3.05) is 47.5 Å². The first kappa shape index (κ1) is 57.0. The van der Waals surface area contributed by atoms with Crippen LogP contribution in [0.25, 0.3) is 0 Å². The molecular weight excluding hydrogens is 762 g/mol. The van der Waals surface area contributed by atoms with Crippen molar-refractivity contribution in [2.45, 2.75) is 206 Å². The molecule has 0 rings (SSSR count). The molecule has 0 aliphatic rings. The summed E-state index contributed by atoms with van der Waals surface area (Å²) in [7, 11) is 1.12. The third-order valence-corrected chi connectivity index (χ3v) is 11.1. The fourth-order valence-corrected chi connectivity index (χ4v) is 7.16. The van der Waals surface area contributed by atoms with E-state index < -0.39 is 32.5 Å². The van der Waals surface area contributed by atoms with E-state index in [1.165, 1.54) is 122 Å². The lowest BCUT2D eigenvalue weighted by molar-refractivity contribution is -0.870. The van der Waals surface area contributed by atoms with E-state index in [2.05, 4.69) is 50.3 Å². The van der Waals surface area contributed by atoms with Gasteiger partial charge < -0.3 is 27.9 Å². The van der Waals surface area contributed by atoms with Crippen LogP contribution in [0.15, 0.2) is 48.6 Å². The second-order valence-electron chi connectivity index (χ2n) is 17.1. The Labute approximate surface area is 363 Å². The van der Waals surface area contributed by atoms with E-state index in [0.29, 0.717) is 17.4 Å². The number of allylic oxidation sites excluding steroid dienone is 8. The van der Waals surface area contributed by atoms with Gasteiger partial charge in [-0.05, 0) is 38.5 Å². The molecule has 344 valence electrons. The van der Waals surface area contributed by atoms with E-state index in [1.807, 2.05) is 33.3 Å². The smallest absolute Gasteiger partial charge is 0.306 e. The Balaban J connectivity index is 4.26. The lowest BCUT2D eigenvalue weighted by Crippen LogP contribution is -2.37. The maximum atomic E-state index is 12.6. The third kappa shape index (κ3) is 45.3. The van der Waals surface area contributed by atoms with E-state index in [0.717, 1.165) is 44.9 Å². The highest BCUT2D eigenvalue weighted by Crippen LogP contribution is 2.38. The van der Waals surface area contributed by atoms with Crippen LogP contribution in [-0.4, -0.2) is 70.0 Å². The number of esters is 2. The molecule has 0 aromatic rings. The Morgan fingerprint density at radius 2 is 0.966 bits per heavy atom. The predicted molar refractivity (Wildman–Crippen MR) is 245 cm³/mol. The van der Waals surface area contributed by atoms with Crippen LogP contribution >= 0.6 is 7.82 Å². The highest BCUT2D eigenvalue weighted by Gasteiger charge is 2.21. The highest BCUT2D eigenvalue weighted by atomic mass is 31.2. The summed E-state index contributed by atoms with van der Waals surface area (Å²) < 4.78 is 33.8. The van der Waals surface area contributed by atoms with Gasteiger partial charge in [0.25, 0.3) is 7.82 Å². The van der Waals surface area contributed by atoms with Crippen LogP contribution in [0.5, 0.6) is 0 Å². The van der Waals surface area contributed by atoms with Gasteiger partial charge in [-0.15, -0.1) is 0 Å². The number of hydrogen-bond acceptors (Lipinski definition) is 8. The average Bonchev–Trinajstić information content (AvgIpc) is 3.19. The van der Waals surface area contributed by atoms with Gasteiger partial charge in [-0.1, -0.05) is 197 Å². The fraction of sp³-hybridized carbons (Fsp3) is 0.796. The molecule has 0 aromatic carbocycles. The number of phosphoric acid groups is 1. The van der Waals surface area contributed by atoms with Gasteiger partial charge in [0.2, 0.25) is 0 Å². The van der Waals surface area contributed by atoms with Crippen LogP contribution in [0.3, 0.4) is 0 Å². The minimum atomic E-state index is -4.64. The first-order valence-corrected chi connectivity index (χ1v) is 25.3. The number of carbonyl (C=O) groups excluding carboxylic acids is 2. The van der Waals surface area contributed by atoms with Crippen LogP contribution < -0.4 is 4.89 Å². The molecular formula is C49H90NO8P. The SMILES string of the molecule is CC/C=C\C/C=C\C/C=C\C/C=C\CCC(=O)OC(COC(=O)CCCCCCCCCCCCCCCCCCCCCCCC)COP(=O)([O-])OCC[N+](C)(C)C. The van der Waals surface area contributed by atoms with Gasteiger partial charge in [0, 0.05) is 12.8 Å². The summed E-state index contributed by atoms with van der Waals surface area (Å²) in [6.45, 7) is 4.04. The van der Waals surface area contributed by atoms with Crippen LogP contribution in [0.4, 0.5) is 0 Å². The van der Waals surface area contributed by atoms with Gasteiger partial charge in [-0.3, -0.25) is 14.2 Å². The molecule has 9 nitrogen and oxygen atoms in total. The average molecular weight is 852 g/mol. The van der Waals surface area contributed by atoms with E-state index in [9.17, 15) is 19.0 Å². The minimum absolute atomic E-state index is 0.0435. The quantitative estimate of drug-likeness (QED) is 0.0196. The maximum absolute atomic E-state index is 12.6. The molecule has 0 aliphatic carbocycles. The summed E-state index contributed by atoms with van der Waals surface area (Å²) in [5.74, 6) is -0.924. The Morgan fingerprint density at radius 3 is 1.41 bits per heavy atom. The monoisotopic (exact) mass is 852 g/mol. The molecule has 2 atom stereocenters. The van der Waals surface area contributed by atoms with Crippen molar-refractivity contribution in [3.63, 3.8) is 0 Å². The third-order valence-electron chi connectivity index (χ3n) is 10.1. The van der Waals surface area contributed by atoms with E-state index in [1.54, 1.807) is 0 Å². The summed E-state index contributed by atoms with van der Waals surface area (Å²) in [5.41, 5.74) is 0. The Morgan fingerprint density at radius 1 is 0.542 bits per heavy atom. The summed E-state index contributed by atoms with van der Waals surface area (Å²) >= 11 is 0. The highest BCUT2D eigenvalue weighted by molar-refractivity contribution is 7.45. The summed E-state index contributed by atoms with van der Waals surface area (Å²) in [6.07, 6.45) is 48.9. The van der Waals surface area contributed by atoms with Gasteiger partial charge >= 0.3 is 11.9 Å². The number of ether oxygens (including phenoxy) is 2. The first-order chi connectivity index (χ1) is 28.5.